The minimum atomic E-state index is -3.87. The molecule has 0 fully saturated rings. The number of halogens is 5. The van der Waals surface area contributed by atoms with E-state index in [1.54, 1.807) is 0 Å². The van der Waals surface area contributed by atoms with Crippen molar-refractivity contribution in [2.45, 2.75) is 5.92 Å². The molecule has 0 bridgehead atoms. The molecular weight excluding hydrogens is 615 g/mol. The van der Waals surface area contributed by atoms with E-state index in [9.17, 15) is 13.6 Å². The standard InChI is InChI=1S/C11H9F2I3O4/c12-11(13,10(17)18)5-19-1-2-20-9-7(15)3-6(14)4-8(9)16/h3-4H,1-2,5H2,(H,17,18). The molecule has 0 radical (unpaired) electrons. The number of carboxylic acids is 1. The summed E-state index contributed by atoms with van der Waals surface area (Å²) in [6, 6.07) is 3.86. The van der Waals surface area contributed by atoms with Gasteiger partial charge in [-0.15, -0.1) is 0 Å². The number of rotatable bonds is 7. The largest absolute Gasteiger partial charge is 0.489 e. The molecule has 1 aromatic carbocycles. The van der Waals surface area contributed by atoms with E-state index in [-0.39, 0.29) is 13.2 Å². The van der Waals surface area contributed by atoms with Crippen LogP contribution in [0.3, 0.4) is 0 Å². The summed E-state index contributed by atoms with van der Waals surface area (Å²) in [5.74, 6) is -5.40. The van der Waals surface area contributed by atoms with Crippen molar-refractivity contribution in [3.63, 3.8) is 0 Å². The molecule has 0 atom stereocenters. The molecule has 0 aliphatic carbocycles. The zero-order chi connectivity index (χ0) is 15.3. The zero-order valence-corrected chi connectivity index (χ0v) is 16.3. The first-order valence-electron chi connectivity index (χ1n) is 5.20. The van der Waals surface area contributed by atoms with Crippen molar-refractivity contribution in [1.82, 2.24) is 0 Å². The molecule has 0 unspecified atom stereocenters. The summed E-state index contributed by atoms with van der Waals surface area (Å²) in [5.41, 5.74) is 0. The van der Waals surface area contributed by atoms with Gasteiger partial charge >= 0.3 is 11.9 Å². The van der Waals surface area contributed by atoms with Gasteiger partial charge in [-0.05, 0) is 79.9 Å². The van der Waals surface area contributed by atoms with Gasteiger partial charge in [-0.3, -0.25) is 0 Å². The van der Waals surface area contributed by atoms with Gasteiger partial charge in [0, 0.05) is 3.57 Å². The Morgan fingerprint density at radius 2 is 1.75 bits per heavy atom. The van der Waals surface area contributed by atoms with Crippen LogP contribution in [-0.4, -0.2) is 36.8 Å². The summed E-state index contributed by atoms with van der Waals surface area (Å²) in [7, 11) is 0. The van der Waals surface area contributed by atoms with Crippen molar-refractivity contribution in [2.24, 2.45) is 0 Å². The van der Waals surface area contributed by atoms with Gasteiger partial charge in [0.05, 0.1) is 13.7 Å². The smallest absolute Gasteiger partial charge is 0.377 e. The third-order valence-electron chi connectivity index (χ3n) is 2.03. The van der Waals surface area contributed by atoms with Crippen LogP contribution in [0.15, 0.2) is 12.1 Å². The van der Waals surface area contributed by atoms with Crippen LogP contribution >= 0.6 is 67.8 Å². The number of hydrogen-bond donors (Lipinski definition) is 1. The lowest BCUT2D eigenvalue weighted by molar-refractivity contribution is -0.173. The van der Waals surface area contributed by atoms with Crippen LogP contribution in [0.1, 0.15) is 0 Å². The van der Waals surface area contributed by atoms with Gasteiger partial charge in [0.25, 0.3) is 0 Å². The lowest BCUT2D eigenvalue weighted by atomic mass is 10.3. The minimum Gasteiger partial charge on any atom is -0.489 e. The lowest BCUT2D eigenvalue weighted by Gasteiger charge is -2.13. The number of carbonyl (C=O) groups is 1. The maximum atomic E-state index is 12.7. The molecule has 0 saturated carbocycles. The Morgan fingerprint density at radius 3 is 2.25 bits per heavy atom. The molecule has 20 heavy (non-hydrogen) atoms. The van der Waals surface area contributed by atoms with Crippen LogP contribution in [0.4, 0.5) is 8.78 Å². The minimum absolute atomic E-state index is 0.0717. The van der Waals surface area contributed by atoms with Crippen LogP contribution in [-0.2, 0) is 9.53 Å². The highest BCUT2D eigenvalue weighted by molar-refractivity contribution is 14.1. The molecule has 0 amide bonds. The van der Waals surface area contributed by atoms with Crippen molar-refractivity contribution in [2.75, 3.05) is 19.8 Å². The molecule has 112 valence electrons. The SMILES string of the molecule is O=C(O)C(F)(F)COCCOc1c(I)cc(I)cc1I. The summed E-state index contributed by atoms with van der Waals surface area (Å²) in [6.45, 7) is -1.20. The van der Waals surface area contributed by atoms with Crippen LogP contribution in [0, 0.1) is 10.7 Å². The van der Waals surface area contributed by atoms with E-state index in [0.717, 1.165) is 10.7 Å². The first-order chi connectivity index (χ1) is 9.24. The van der Waals surface area contributed by atoms with Crippen molar-refractivity contribution < 1.29 is 28.2 Å². The first kappa shape index (κ1) is 18.5. The summed E-state index contributed by atoms with van der Waals surface area (Å²) in [4.78, 5) is 10.2. The number of benzene rings is 1. The molecule has 4 nitrogen and oxygen atoms in total. The molecule has 9 heteroatoms. The Hall–Kier alpha value is 0.500. The van der Waals surface area contributed by atoms with Crippen molar-refractivity contribution in [1.29, 1.82) is 0 Å². The summed E-state index contributed by atoms with van der Waals surface area (Å²) in [6.07, 6.45) is 0. The predicted octanol–water partition coefficient (Wildman–Crippen LogP) is 3.62. The van der Waals surface area contributed by atoms with E-state index in [0.29, 0.717) is 5.75 Å². The normalized spacial score (nSPS) is 11.4. The van der Waals surface area contributed by atoms with Crippen molar-refractivity contribution >= 4 is 73.7 Å². The number of alkyl halides is 2. The first-order valence-corrected chi connectivity index (χ1v) is 8.44. The fraction of sp³-hybridized carbons (Fsp3) is 0.364. The van der Waals surface area contributed by atoms with Gasteiger partial charge in [0.1, 0.15) is 19.0 Å². The van der Waals surface area contributed by atoms with Crippen molar-refractivity contribution in [3.8, 4) is 5.75 Å². The average Bonchev–Trinajstić information content (AvgIpc) is 2.31. The third-order valence-corrected chi connectivity index (χ3v) is 4.26. The third kappa shape index (κ3) is 5.71. The Labute approximate surface area is 155 Å². The Bertz CT molecular complexity index is 474. The average molecular weight is 624 g/mol. The molecule has 0 spiro atoms. The quantitative estimate of drug-likeness (QED) is 0.373. The van der Waals surface area contributed by atoms with Gasteiger partial charge in [0.2, 0.25) is 0 Å². The molecule has 0 aliphatic rings. The van der Waals surface area contributed by atoms with Gasteiger partial charge in [-0.25, -0.2) is 4.79 Å². The fourth-order valence-electron chi connectivity index (χ4n) is 1.13. The zero-order valence-electron chi connectivity index (χ0n) is 9.84. The van der Waals surface area contributed by atoms with E-state index in [1.165, 1.54) is 0 Å². The molecular formula is C11H9F2I3O4. The summed E-state index contributed by atoms with van der Waals surface area (Å²) in [5, 5.41) is 8.21. The van der Waals surface area contributed by atoms with E-state index < -0.39 is 18.5 Å². The van der Waals surface area contributed by atoms with E-state index in [4.69, 9.17) is 9.84 Å². The maximum absolute atomic E-state index is 12.7. The van der Waals surface area contributed by atoms with Gasteiger partial charge in [0.15, 0.2) is 0 Å². The van der Waals surface area contributed by atoms with Crippen LogP contribution in [0.25, 0.3) is 0 Å². The molecule has 0 heterocycles. The number of carboxylic acid groups (broad SMARTS) is 1. The topological polar surface area (TPSA) is 55.8 Å². The highest BCUT2D eigenvalue weighted by atomic mass is 127. The summed E-state index contributed by atoms with van der Waals surface area (Å²) >= 11 is 6.43. The number of hydrogen-bond acceptors (Lipinski definition) is 3. The van der Waals surface area contributed by atoms with Crippen molar-refractivity contribution in [3.05, 3.63) is 22.8 Å². The highest BCUT2D eigenvalue weighted by Gasteiger charge is 2.39. The molecule has 1 aromatic rings. The molecule has 0 aliphatic heterocycles. The van der Waals surface area contributed by atoms with E-state index in [2.05, 4.69) is 72.5 Å². The van der Waals surface area contributed by atoms with Crippen LogP contribution in [0.2, 0.25) is 0 Å². The van der Waals surface area contributed by atoms with Crippen LogP contribution < -0.4 is 4.74 Å². The second-order valence-electron chi connectivity index (χ2n) is 3.61. The summed E-state index contributed by atoms with van der Waals surface area (Å²) < 4.78 is 38.4. The molecule has 1 rings (SSSR count). The second kappa shape index (κ2) is 8.22. The monoisotopic (exact) mass is 624 g/mol. The Morgan fingerprint density at radius 1 is 1.20 bits per heavy atom. The Kier molecular flexibility index (Phi) is 7.62. The maximum Gasteiger partial charge on any atom is 0.377 e. The van der Waals surface area contributed by atoms with E-state index >= 15 is 0 Å². The predicted molar refractivity (Wildman–Crippen MR) is 93.5 cm³/mol. The molecule has 0 saturated heterocycles. The van der Waals surface area contributed by atoms with Gasteiger partial charge in [-0.2, -0.15) is 8.78 Å². The fourth-order valence-corrected chi connectivity index (χ4v) is 5.03. The van der Waals surface area contributed by atoms with E-state index in [1.807, 2.05) is 12.1 Å². The van der Waals surface area contributed by atoms with Gasteiger partial charge < -0.3 is 14.6 Å². The Balaban J connectivity index is 2.41. The molecule has 0 aromatic heterocycles. The second-order valence-corrected chi connectivity index (χ2v) is 7.18. The highest BCUT2D eigenvalue weighted by Crippen LogP contribution is 2.29. The number of aliphatic carboxylic acids is 1. The van der Waals surface area contributed by atoms with Gasteiger partial charge in [-0.1, -0.05) is 0 Å². The lowest BCUT2D eigenvalue weighted by Crippen LogP contribution is -2.34. The van der Waals surface area contributed by atoms with Crippen LogP contribution in [0.5, 0.6) is 5.75 Å². The number of ether oxygens (including phenoxy) is 2. The molecule has 1 N–H and O–H groups in total.